The Morgan fingerprint density at radius 2 is 1.74 bits per heavy atom. The first-order valence-electron chi connectivity index (χ1n) is 8.52. The van der Waals surface area contributed by atoms with Gasteiger partial charge in [-0.1, -0.05) is 24.3 Å². The first-order valence-corrected chi connectivity index (χ1v) is 8.52. The Kier molecular flexibility index (Phi) is 4.87. The van der Waals surface area contributed by atoms with E-state index in [4.69, 9.17) is 4.74 Å². The van der Waals surface area contributed by atoms with Gasteiger partial charge in [-0.2, -0.15) is 0 Å². The molecule has 1 fully saturated rings. The highest BCUT2D eigenvalue weighted by molar-refractivity contribution is 6.07. The number of urea groups is 1. The number of rotatable bonds is 5. The minimum Gasteiger partial charge on any atom is -0.491 e. The molecule has 1 aliphatic rings. The van der Waals surface area contributed by atoms with Crippen molar-refractivity contribution < 1.29 is 23.1 Å². The number of imide groups is 1. The van der Waals surface area contributed by atoms with E-state index in [0.717, 1.165) is 28.2 Å². The highest BCUT2D eigenvalue weighted by Crippen LogP contribution is 2.30. The summed E-state index contributed by atoms with van der Waals surface area (Å²) in [7, 11) is 0. The molecule has 0 aromatic heterocycles. The fourth-order valence-corrected chi connectivity index (χ4v) is 3.17. The predicted octanol–water partition coefficient (Wildman–Crippen LogP) is 3.43. The molecular formula is C20H20F2N2O3. The van der Waals surface area contributed by atoms with Crippen LogP contribution in [0, 0.1) is 25.5 Å². The molecule has 3 amide bonds. The maximum absolute atomic E-state index is 13.6. The highest BCUT2D eigenvalue weighted by Gasteiger charge is 2.49. The van der Waals surface area contributed by atoms with Gasteiger partial charge in [-0.25, -0.2) is 13.6 Å². The van der Waals surface area contributed by atoms with Crippen molar-refractivity contribution in [2.24, 2.45) is 0 Å². The molecule has 0 aliphatic carbocycles. The van der Waals surface area contributed by atoms with Crippen molar-refractivity contribution in [2.45, 2.75) is 26.3 Å². The molecule has 2 aromatic rings. The number of hydrogen-bond donors (Lipinski definition) is 1. The number of para-hydroxylation sites is 1. The summed E-state index contributed by atoms with van der Waals surface area (Å²) >= 11 is 0. The molecule has 2 aromatic carbocycles. The van der Waals surface area contributed by atoms with E-state index in [1.165, 1.54) is 13.0 Å². The lowest BCUT2D eigenvalue weighted by atomic mass is 9.92. The van der Waals surface area contributed by atoms with Crippen molar-refractivity contribution in [1.82, 2.24) is 10.2 Å². The van der Waals surface area contributed by atoms with Gasteiger partial charge in [-0.05, 0) is 49.6 Å². The third kappa shape index (κ3) is 3.37. The zero-order valence-corrected chi connectivity index (χ0v) is 15.3. The van der Waals surface area contributed by atoms with Gasteiger partial charge in [-0.15, -0.1) is 0 Å². The zero-order valence-electron chi connectivity index (χ0n) is 15.3. The lowest BCUT2D eigenvalue weighted by Crippen LogP contribution is -2.41. The summed E-state index contributed by atoms with van der Waals surface area (Å²) < 4.78 is 32.5. The van der Waals surface area contributed by atoms with E-state index in [9.17, 15) is 18.4 Å². The summed E-state index contributed by atoms with van der Waals surface area (Å²) in [4.78, 5) is 26.1. The lowest BCUT2D eigenvalue weighted by molar-refractivity contribution is -0.131. The number of carbonyl (C=O) groups excluding carboxylic acids is 2. The Morgan fingerprint density at radius 1 is 1.07 bits per heavy atom. The van der Waals surface area contributed by atoms with Gasteiger partial charge < -0.3 is 10.1 Å². The van der Waals surface area contributed by atoms with E-state index in [1.54, 1.807) is 0 Å². The van der Waals surface area contributed by atoms with E-state index in [-0.39, 0.29) is 18.7 Å². The fraction of sp³-hybridized carbons (Fsp3) is 0.300. The second-order valence-electron chi connectivity index (χ2n) is 6.71. The molecule has 27 heavy (non-hydrogen) atoms. The second kappa shape index (κ2) is 6.98. The van der Waals surface area contributed by atoms with E-state index >= 15 is 0 Å². The van der Waals surface area contributed by atoms with Crippen LogP contribution < -0.4 is 10.1 Å². The van der Waals surface area contributed by atoms with Crippen LogP contribution in [0.1, 0.15) is 23.6 Å². The van der Waals surface area contributed by atoms with E-state index < -0.39 is 29.1 Å². The van der Waals surface area contributed by atoms with Crippen LogP contribution in [-0.2, 0) is 10.3 Å². The van der Waals surface area contributed by atoms with Gasteiger partial charge >= 0.3 is 6.03 Å². The van der Waals surface area contributed by atoms with Gasteiger partial charge in [0, 0.05) is 0 Å². The standard InChI is InChI=1S/C20H20F2N2O3/c1-12-5-4-6-13(2)17(12)27-10-9-24-18(25)20(3,23-19(24)26)14-7-8-15(21)16(22)11-14/h4-8,11H,9-10H2,1-3H3,(H,23,26). The van der Waals surface area contributed by atoms with Crippen molar-refractivity contribution >= 4 is 11.9 Å². The molecule has 142 valence electrons. The summed E-state index contributed by atoms with van der Waals surface area (Å²) in [6.45, 7) is 5.45. The van der Waals surface area contributed by atoms with Gasteiger partial charge in [0.2, 0.25) is 0 Å². The number of halogens is 2. The van der Waals surface area contributed by atoms with E-state index in [1.807, 2.05) is 32.0 Å². The quantitative estimate of drug-likeness (QED) is 0.816. The van der Waals surface area contributed by atoms with Gasteiger partial charge in [0.05, 0.1) is 6.54 Å². The summed E-state index contributed by atoms with van der Waals surface area (Å²) in [5.41, 5.74) is 0.639. The molecule has 0 bridgehead atoms. The van der Waals surface area contributed by atoms with Crippen LogP contribution in [0.25, 0.3) is 0 Å². The first kappa shape index (κ1) is 18.8. The largest absolute Gasteiger partial charge is 0.491 e. The molecule has 7 heteroatoms. The molecule has 0 radical (unpaired) electrons. The Labute approximate surface area is 155 Å². The van der Waals surface area contributed by atoms with Crippen LogP contribution in [0.3, 0.4) is 0 Å². The molecule has 5 nitrogen and oxygen atoms in total. The third-order valence-electron chi connectivity index (χ3n) is 4.74. The molecule has 0 saturated carbocycles. The van der Waals surface area contributed by atoms with Crippen LogP contribution in [0.5, 0.6) is 5.75 Å². The molecule has 3 rings (SSSR count). The summed E-state index contributed by atoms with van der Waals surface area (Å²) in [5, 5.41) is 2.56. The Balaban J connectivity index is 1.73. The van der Waals surface area contributed by atoms with Crippen molar-refractivity contribution in [2.75, 3.05) is 13.2 Å². The first-order chi connectivity index (χ1) is 12.7. The highest BCUT2D eigenvalue weighted by atomic mass is 19.2. The van der Waals surface area contributed by atoms with Gasteiger partial charge in [0.15, 0.2) is 11.6 Å². The Morgan fingerprint density at radius 3 is 2.37 bits per heavy atom. The van der Waals surface area contributed by atoms with Crippen LogP contribution in [0.4, 0.5) is 13.6 Å². The number of aryl methyl sites for hydroxylation is 2. The Bertz CT molecular complexity index is 896. The average molecular weight is 374 g/mol. The number of nitrogens with zero attached hydrogens (tertiary/aromatic N) is 1. The van der Waals surface area contributed by atoms with Crippen molar-refractivity contribution in [3.05, 3.63) is 64.7 Å². The van der Waals surface area contributed by atoms with E-state index in [0.29, 0.717) is 5.75 Å². The number of carbonyl (C=O) groups is 2. The topological polar surface area (TPSA) is 58.6 Å². The smallest absolute Gasteiger partial charge is 0.325 e. The maximum atomic E-state index is 13.6. The lowest BCUT2D eigenvalue weighted by Gasteiger charge is -2.22. The summed E-state index contributed by atoms with van der Waals surface area (Å²) in [6, 6.07) is 8.28. The van der Waals surface area contributed by atoms with Gasteiger partial charge in [0.25, 0.3) is 5.91 Å². The van der Waals surface area contributed by atoms with Crippen molar-refractivity contribution in [1.29, 1.82) is 0 Å². The SMILES string of the molecule is Cc1cccc(C)c1OCCN1C(=O)NC(C)(c2ccc(F)c(F)c2)C1=O. The van der Waals surface area contributed by atoms with Gasteiger partial charge in [-0.3, -0.25) is 9.69 Å². The molecule has 1 aliphatic heterocycles. The Hall–Kier alpha value is -2.96. The number of nitrogens with one attached hydrogen (secondary N) is 1. The van der Waals surface area contributed by atoms with Crippen LogP contribution in [-0.4, -0.2) is 30.0 Å². The van der Waals surface area contributed by atoms with Crippen molar-refractivity contribution in [3.8, 4) is 5.75 Å². The molecule has 1 saturated heterocycles. The summed E-state index contributed by atoms with van der Waals surface area (Å²) in [5.74, 6) is -1.91. The second-order valence-corrected chi connectivity index (χ2v) is 6.71. The number of hydrogen-bond acceptors (Lipinski definition) is 3. The summed E-state index contributed by atoms with van der Waals surface area (Å²) in [6.07, 6.45) is 0. The normalized spacial score (nSPS) is 19.4. The van der Waals surface area contributed by atoms with Crippen molar-refractivity contribution in [3.63, 3.8) is 0 Å². The molecule has 1 heterocycles. The third-order valence-corrected chi connectivity index (χ3v) is 4.74. The van der Waals surface area contributed by atoms with Gasteiger partial charge in [0.1, 0.15) is 17.9 Å². The molecular weight excluding hydrogens is 354 g/mol. The minimum absolute atomic E-state index is 0.0394. The van der Waals surface area contributed by atoms with E-state index in [2.05, 4.69) is 5.32 Å². The van der Waals surface area contributed by atoms with Crippen LogP contribution in [0.2, 0.25) is 0 Å². The number of ether oxygens (including phenoxy) is 1. The maximum Gasteiger partial charge on any atom is 0.325 e. The van der Waals surface area contributed by atoms with Crippen LogP contribution >= 0.6 is 0 Å². The predicted molar refractivity (Wildman–Crippen MR) is 95.4 cm³/mol. The molecule has 0 spiro atoms. The monoisotopic (exact) mass is 374 g/mol. The molecule has 1 atom stereocenters. The zero-order chi connectivity index (χ0) is 19.8. The average Bonchev–Trinajstić information content (AvgIpc) is 2.83. The van der Waals surface area contributed by atoms with Crippen LogP contribution in [0.15, 0.2) is 36.4 Å². The minimum atomic E-state index is -1.45. The number of benzene rings is 2. The number of amides is 3. The molecule has 1 unspecified atom stereocenters. The molecule has 1 N–H and O–H groups in total. The fourth-order valence-electron chi connectivity index (χ4n) is 3.17.